The summed E-state index contributed by atoms with van der Waals surface area (Å²) in [6.07, 6.45) is 1.76. The van der Waals surface area contributed by atoms with Crippen molar-refractivity contribution in [3.63, 3.8) is 0 Å². The van der Waals surface area contributed by atoms with Crippen LogP contribution in [0, 0.1) is 0 Å². The molecule has 0 aliphatic rings. The van der Waals surface area contributed by atoms with E-state index in [1.165, 1.54) is 0 Å². The van der Waals surface area contributed by atoms with Crippen LogP contribution in [-0.2, 0) is 4.74 Å². The number of fused-ring (bicyclic) bond motifs is 1. The summed E-state index contributed by atoms with van der Waals surface area (Å²) in [5, 5.41) is 0. The quantitative estimate of drug-likeness (QED) is 0.758. The topological polar surface area (TPSA) is 52.8 Å². The number of pyridine rings is 1. The first-order valence-corrected chi connectivity index (χ1v) is 5.55. The van der Waals surface area contributed by atoms with Gasteiger partial charge in [0.1, 0.15) is 5.65 Å². The van der Waals surface area contributed by atoms with E-state index < -0.39 is 5.97 Å². The minimum Gasteiger partial charge on any atom is -0.476 e. The number of carbonyl (C=O) groups is 1. The first kappa shape index (κ1) is 11.4. The molecular weight excluding hydrogens is 220 g/mol. The van der Waals surface area contributed by atoms with Crippen LogP contribution >= 0.6 is 0 Å². The molecule has 0 unspecified atom stereocenters. The van der Waals surface area contributed by atoms with Gasteiger partial charge >= 0.3 is 5.97 Å². The zero-order valence-corrected chi connectivity index (χ0v) is 9.84. The maximum absolute atomic E-state index is 11.9. The Kier molecular flexibility index (Phi) is 3.27. The fraction of sp³-hybridized carbons (Fsp3) is 0.333. The molecular formula is C12H14N2O3. The summed E-state index contributed by atoms with van der Waals surface area (Å²) in [5.41, 5.74) is 1.00. The Bertz CT molecular complexity index is 534. The molecule has 2 heterocycles. The van der Waals surface area contributed by atoms with Gasteiger partial charge in [0.25, 0.3) is 0 Å². The molecule has 0 radical (unpaired) electrons. The highest BCUT2D eigenvalue weighted by Crippen LogP contribution is 2.20. The molecule has 2 rings (SSSR count). The second-order valence-corrected chi connectivity index (χ2v) is 3.35. The number of carbonyl (C=O) groups excluding carboxylic acids is 1. The molecule has 2 aromatic rings. The Morgan fingerprint density at radius 2 is 2.18 bits per heavy atom. The zero-order chi connectivity index (χ0) is 12.3. The summed E-state index contributed by atoms with van der Waals surface area (Å²) in [6, 6.07) is 5.49. The van der Waals surface area contributed by atoms with E-state index in [4.69, 9.17) is 9.47 Å². The molecule has 0 aromatic carbocycles. The third-order valence-corrected chi connectivity index (χ3v) is 2.25. The van der Waals surface area contributed by atoms with Crippen LogP contribution in [0.15, 0.2) is 24.4 Å². The predicted molar refractivity (Wildman–Crippen MR) is 62.3 cm³/mol. The lowest BCUT2D eigenvalue weighted by Crippen LogP contribution is -2.10. The van der Waals surface area contributed by atoms with Gasteiger partial charge in [-0.1, -0.05) is 6.07 Å². The summed E-state index contributed by atoms with van der Waals surface area (Å²) in [6.45, 7) is 4.39. The number of hydrogen-bond acceptors (Lipinski definition) is 4. The fourth-order valence-corrected chi connectivity index (χ4v) is 1.60. The number of rotatable bonds is 4. The maximum Gasteiger partial charge on any atom is 0.361 e. The smallest absolute Gasteiger partial charge is 0.361 e. The van der Waals surface area contributed by atoms with Gasteiger partial charge in [-0.25, -0.2) is 4.79 Å². The average molecular weight is 234 g/mol. The molecule has 0 aliphatic carbocycles. The SMILES string of the molecule is CCOC(=O)c1c(OCC)nc2ccccn12. The molecule has 17 heavy (non-hydrogen) atoms. The third-order valence-electron chi connectivity index (χ3n) is 2.25. The molecule has 2 aromatic heterocycles. The lowest BCUT2D eigenvalue weighted by atomic mass is 10.4. The highest BCUT2D eigenvalue weighted by Gasteiger charge is 2.21. The second-order valence-electron chi connectivity index (χ2n) is 3.35. The van der Waals surface area contributed by atoms with Gasteiger partial charge in [-0.05, 0) is 26.0 Å². The van der Waals surface area contributed by atoms with Gasteiger partial charge in [0.15, 0.2) is 5.69 Å². The highest BCUT2D eigenvalue weighted by atomic mass is 16.5. The summed E-state index contributed by atoms with van der Waals surface area (Å²) < 4.78 is 12.0. The molecule has 90 valence electrons. The van der Waals surface area contributed by atoms with Gasteiger partial charge in [-0.2, -0.15) is 4.98 Å². The largest absolute Gasteiger partial charge is 0.476 e. The maximum atomic E-state index is 11.9. The number of hydrogen-bond donors (Lipinski definition) is 0. The Hall–Kier alpha value is -2.04. The fourth-order valence-electron chi connectivity index (χ4n) is 1.60. The van der Waals surface area contributed by atoms with Gasteiger partial charge in [-0.15, -0.1) is 0 Å². The lowest BCUT2D eigenvalue weighted by molar-refractivity contribution is 0.0513. The molecule has 0 saturated heterocycles. The van der Waals surface area contributed by atoms with Gasteiger partial charge in [0, 0.05) is 6.20 Å². The van der Waals surface area contributed by atoms with Crippen molar-refractivity contribution in [3.05, 3.63) is 30.1 Å². The van der Waals surface area contributed by atoms with Crippen molar-refractivity contribution in [1.82, 2.24) is 9.38 Å². The van der Waals surface area contributed by atoms with E-state index in [-0.39, 0.29) is 0 Å². The van der Waals surface area contributed by atoms with Crippen molar-refractivity contribution in [1.29, 1.82) is 0 Å². The highest BCUT2D eigenvalue weighted by molar-refractivity contribution is 5.91. The number of imidazole rings is 1. The Balaban J connectivity index is 2.55. The summed E-state index contributed by atoms with van der Waals surface area (Å²) >= 11 is 0. The monoisotopic (exact) mass is 234 g/mol. The molecule has 5 heteroatoms. The van der Waals surface area contributed by atoms with E-state index in [1.54, 1.807) is 17.5 Å². The minimum atomic E-state index is -0.422. The van der Waals surface area contributed by atoms with Crippen LogP contribution in [0.25, 0.3) is 5.65 Å². The van der Waals surface area contributed by atoms with Crippen LogP contribution in [0.1, 0.15) is 24.3 Å². The standard InChI is InChI=1S/C12H14N2O3/c1-3-16-11-10(12(15)17-4-2)14-8-6-5-7-9(14)13-11/h5-8H,3-4H2,1-2H3. The van der Waals surface area contributed by atoms with Crippen molar-refractivity contribution in [2.75, 3.05) is 13.2 Å². The first-order valence-electron chi connectivity index (χ1n) is 5.55. The molecule has 0 aliphatic heterocycles. The summed E-state index contributed by atoms with van der Waals surface area (Å²) in [7, 11) is 0. The molecule has 0 amide bonds. The summed E-state index contributed by atoms with van der Waals surface area (Å²) in [4.78, 5) is 16.1. The van der Waals surface area contributed by atoms with Crippen LogP contribution < -0.4 is 4.74 Å². The van der Waals surface area contributed by atoms with Crippen molar-refractivity contribution in [2.24, 2.45) is 0 Å². The average Bonchev–Trinajstić information content (AvgIpc) is 2.67. The number of esters is 1. The zero-order valence-electron chi connectivity index (χ0n) is 9.84. The van der Waals surface area contributed by atoms with Crippen LogP contribution in [0.3, 0.4) is 0 Å². The normalized spacial score (nSPS) is 10.5. The van der Waals surface area contributed by atoms with Crippen molar-refractivity contribution < 1.29 is 14.3 Å². The Labute approximate surface area is 99.0 Å². The van der Waals surface area contributed by atoms with Crippen LogP contribution in [0.4, 0.5) is 0 Å². The van der Waals surface area contributed by atoms with Gasteiger partial charge in [0.05, 0.1) is 13.2 Å². The van der Waals surface area contributed by atoms with E-state index in [1.807, 2.05) is 25.1 Å². The van der Waals surface area contributed by atoms with Crippen molar-refractivity contribution in [2.45, 2.75) is 13.8 Å². The predicted octanol–water partition coefficient (Wildman–Crippen LogP) is 1.91. The van der Waals surface area contributed by atoms with E-state index in [2.05, 4.69) is 4.98 Å². The van der Waals surface area contributed by atoms with Crippen LogP contribution in [0.5, 0.6) is 5.88 Å². The molecule has 0 N–H and O–H groups in total. The number of aromatic nitrogens is 2. The lowest BCUT2D eigenvalue weighted by Gasteiger charge is -2.04. The molecule has 5 nitrogen and oxygen atoms in total. The minimum absolute atomic E-state index is 0.317. The van der Waals surface area contributed by atoms with E-state index in [9.17, 15) is 4.79 Å². The molecule has 0 fully saturated rings. The number of nitrogens with zero attached hydrogens (tertiary/aromatic N) is 2. The molecule has 0 bridgehead atoms. The van der Waals surface area contributed by atoms with Gasteiger partial charge in [0.2, 0.25) is 5.88 Å². The summed E-state index contributed by atoms with van der Waals surface area (Å²) in [5.74, 6) is -0.105. The van der Waals surface area contributed by atoms with Gasteiger partial charge in [-0.3, -0.25) is 4.40 Å². The Morgan fingerprint density at radius 3 is 2.88 bits per heavy atom. The third kappa shape index (κ3) is 2.08. The second kappa shape index (κ2) is 4.86. The van der Waals surface area contributed by atoms with Gasteiger partial charge < -0.3 is 9.47 Å². The van der Waals surface area contributed by atoms with E-state index >= 15 is 0 Å². The van der Waals surface area contributed by atoms with Crippen LogP contribution in [-0.4, -0.2) is 28.6 Å². The molecule has 0 atom stereocenters. The molecule has 0 spiro atoms. The van der Waals surface area contributed by atoms with Crippen molar-refractivity contribution >= 4 is 11.6 Å². The van der Waals surface area contributed by atoms with Crippen molar-refractivity contribution in [3.8, 4) is 5.88 Å². The Morgan fingerprint density at radius 1 is 1.35 bits per heavy atom. The van der Waals surface area contributed by atoms with E-state index in [0.29, 0.717) is 30.4 Å². The first-order chi connectivity index (χ1) is 8.27. The number of ether oxygens (including phenoxy) is 2. The van der Waals surface area contributed by atoms with E-state index in [0.717, 1.165) is 0 Å². The molecule has 0 saturated carbocycles. The van der Waals surface area contributed by atoms with Crippen LogP contribution in [0.2, 0.25) is 0 Å².